The van der Waals surface area contributed by atoms with Crippen LogP contribution in [0.3, 0.4) is 0 Å². The lowest BCUT2D eigenvalue weighted by molar-refractivity contribution is -0.118. The highest BCUT2D eigenvalue weighted by atomic mass is 32.1. The molecule has 118 valence electrons. The lowest BCUT2D eigenvalue weighted by Gasteiger charge is -2.05. The van der Waals surface area contributed by atoms with Gasteiger partial charge >= 0.3 is 0 Å². The maximum absolute atomic E-state index is 12.0. The summed E-state index contributed by atoms with van der Waals surface area (Å²) in [6.45, 7) is 4.08. The summed E-state index contributed by atoms with van der Waals surface area (Å²) in [5, 5.41) is 3.42. The number of anilines is 1. The number of ether oxygens (including phenoxy) is 1. The summed E-state index contributed by atoms with van der Waals surface area (Å²) in [7, 11) is 0. The van der Waals surface area contributed by atoms with Gasteiger partial charge in [-0.25, -0.2) is 4.98 Å². The lowest BCUT2D eigenvalue weighted by Crippen LogP contribution is -2.19. The molecule has 23 heavy (non-hydrogen) atoms. The molecule has 1 N–H and O–H groups in total. The van der Waals surface area contributed by atoms with E-state index in [1.165, 1.54) is 16.9 Å². The van der Waals surface area contributed by atoms with Crippen LogP contribution in [0, 0.1) is 6.92 Å². The molecule has 0 aliphatic rings. The first-order valence-electron chi connectivity index (χ1n) is 7.53. The molecule has 1 heterocycles. The number of hydrogen-bond acceptors (Lipinski definition) is 4. The first-order valence-corrected chi connectivity index (χ1v) is 8.35. The number of hydrogen-bond donors (Lipinski definition) is 1. The summed E-state index contributed by atoms with van der Waals surface area (Å²) in [6.07, 6.45) is 0.922. The van der Waals surface area contributed by atoms with Crippen LogP contribution in [0.2, 0.25) is 0 Å². The minimum Gasteiger partial charge on any atom is -0.484 e. The molecule has 0 aliphatic carbocycles. The van der Waals surface area contributed by atoms with E-state index in [1.54, 1.807) is 0 Å². The monoisotopic (exact) mass is 326 g/mol. The second-order valence-electron chi connectivity index (χ2n) is 5.29. The lowest BCUT2D eigenvalue weighted by atomic mass is 10.1. The van der Waals surface area contributed by atoms with Crippen LogP contribution in [-0.2, 0) is 11.2 Å². The van der Waals surface area contributed by atoms with Gasteiger partial charge in [0.2, 0.25) is 0 Å². The molecule has 0 unspecified atom stereocenters. The third kappa shape index (κ3) is 3.68. The Morgan fingerprint density at radius 3 is 2.74 bits per heavy atom. The fourth-order valence-electron chi connectivity index (χ4n) is 2.28. The molecular weight excluding hydrogens is 308 g/mol. The SMILES string of the molecule is CCc1cccc2sc(NC(=O)COc3ccc(C)cc3)nc12. The molecule has 0 saturated carbocycles. The van der Waals surface area contributed by atoms with Gasteiger partial charge in [-0.05, 0) is 37.1 Å². The average molecular weight is 326 g/mol. The predicted molar refractivity (Wildman–Crippen MR) is 94.3 cm³/mol. The van der Waals surface area contributed by atoms with E-state index in [0.717, 1.165) is 22.2 Å². The van der Waals surface area contributed by atoms with E-state index in [9.17, 15) is 4.79 Å². The molecule has 0 aliphatic heterocycles. The van der Waals surface area contributed by atoms with Gasteiger partial charge in [0, 0.05) is 0 Å². The third-order valence-electron chi connectivity index (χ3n) is 3.52. The van der Waals surface area contributed by atoms with Gasteiger partial charge in [0.05, 0.1) is 10.2 Å². The van der Waals surface area contributed by atoms with Crippen LogP contribution < -0.4 is 10.1 Å². The minimum absolute atomic E-state index is 0.0282. The molecule has 5 heteroatoms. The first-order chi connectivity index (χ1) is 11.2. The van der Waals surface area contributed by atoms with Crippen molar-refractivity contribution in [2.45, 2.75) is 20.3 Å². The Labute approximate surface area is 139 Å². The van der Waals surface area contributed by atoms with Crippen molar-refractivity contribution in [1.29, 1.82) is 0 Å². The van der Waals surface area contributed by atoms with Crippen molar-refractivity contribution in [3.8, 4) is 5.75 Å². The van der Waals surface area contributed by atoms with E-state index in [2.05, 4.69) is 23.3 Å². The van der Waals surface area contributed by atoms with Crippen LogP contribution in [0.4, 0.5) is 5.13 Å². The quantitative estimate of drug-likeness (QED) is 0.765. The molecule has 4 nitrogen and oxygen atoms in total. The number of benzene rings is 2. The molecule has 2 aromatic carbocycles. The van der Waals surface area contributed by atoms with Crippen molar-refractivity contribution in [3.05, 3.63) is 53.6 Å². The second-order valence-corrected chi connectivity index (χ2v) is 6.32. The van der Waals surface area contributed by atoms with Crippen molar-refractivity contribution in [3.63, 3.8) is 0 Å². The first kappa shape index (κ1) is 15.5. The Kier molecular flexibility index (Phi) is 4.57. The van der Waals surface area contributed by atoms with Gasteiger partial charge in [0.15, 0.2) is 11.7 Å². The number of para-hydroxylation sites is 1. The van der Waals surface area contributed by atoms with Gasteiger partial charge in [-0.2, -0.15) is 0 Å². The number of fused-ring (bicyclic) bond motifs is 1. The summed E-state index contributed by atoms with van der Waals surface area (Å²) in [4.78, 5) is 16.5. The zero-order valence-corrected chi connectivity index (χ0v) is 13.9. The summed E-state index contributed by atoms with van der Waals surface area (Å²) >= 11 is 1.48. The van der Waals surface area contributed by atoms with E-state index in [-0.39, 0.29) is 12.5 Å². The van der Waals surface area contributed by atoms with Crippen molar-refractivity contribution in [1.82, 2.24) is 4.98 Å². The van der Waals surface area contributed by atoms with Crippen molar-refractivity contribution in [2.75, 3.05) is 11.9 Å². The molecule has 0 saturated heterocycles. The number of aromatic nitrogens is 1. The van der Waals surface area contributed by atoms with Gasteiger partial charge in [-0.15, -0.1) is 0 Å². The highest BCUT2D eigenvalue weighted by Crippen LogP contribution is 2.28. The molecule has 1 amide bonds. The number of carbonyl (C=O) groups is 1. The summed E-state index contributed by atoms with van der Waals surface area (Å²) in [5.74, 6) is 0.478. The number of aryl methyl sites for hydroxylation is 2. The van der Waals surface area contributed by atoms with Gasteiger partial charge in [0.25, 0.3) is 5.91 Å². The maximum Gasteiger partial charge on any atom is 0.264 e. The molecule has 0 bridgehead atoms. The van der Waals surface area contributed by atoms with Crippen LogP contribution in [-0.4, -0.2) is 17.5 Å². The molecule has 0 spiro atoms. The smallest absolute Gasteiger partial charge is 0.264 e. The number of amides is 1. The van der Waals surface area contributed by atoms with E-state index in [4.69, 9.17) is 4.74 Å². The summed E-state index contributed by atoms with van der Waals surface area (Å²) in [5.41, 5.74) is 3.31. The standard InChI is InChI=1S/C18H18N2O2S/c1-3-13-5-4-6-15-17(13)20-18(23-15)19-16(21)11-22-14-9-7-12(2)8-10-14/h4-10H,3,11H2,1-2H3,(H,19,20,21). The van der Waals surface area contributed by atoms with Gasteiger partial charge in [-0.3, -0.25) is 10.1 Å². The van der Waals surface area contributed by atoms with E-state index < -0.39 is 0 Å². The number of rotatable bonds is 5. The van der Waals surface area contributed by atoms with E-state index in [1.807, 2.05) is 43.3 Å². The third-order valence-corrected chi connectivity index (χ3v) is 4.46. The number of carbonyl (C=O) groups excluding carboxylic acids is 1. The van der Waals surface area contributed by atoms with Gasteiger partial charge in [0.1, 0.15) is 5.75 Å². The van der Waals surface area contributed by atoms with Crippen molar-refractivity contribution >= 4 is 32.6 Å². The summed E-state index contributed by atoms with van der Waals surface area (Å²) < 4.78 is 6.56. The van der Waals surface area contributed by atoms with Crippen LogP contribution in [0.1, 0.15) is 18.1 Å². The molecule has 0 radical (unpaired) electrons. The summed E-state index contributed by atoms with van der Waals surface area (Å²) in [6, 6.07) is 13.7. The van der Waals surface area contributed by atoms with Gasteiger partial charge in [-0.1, -0.05) is 48.1 Å². The van der Waals surface area contributed by atoms with Crippen LogP contribution in [0.15, 0.2) is 42.5 Å². The zero-order valence-electron chi connectivity index (χ0n) is 13.1. The fraction of sp³-hybridized carbons (Fsp3) is 0.222. The Hall–Kier alpha value is -2.40. The number of thiazole rings is 1. The predicted octanol–water partition coefficient (Wildman–Crippen LogP) is 4.18. The van der Waals surface area contributed by atoms with Crippen LogP contribution in [0.5, 0.6) is 5.75 Å². The Balaban J connectivity index is 1.64. The topological polar surface area (TPSA) is 51.2 Å². The van der Waals surface area contributed by atoms with Crippen molar-refractivity contribution in [2.24, 2.45) is 0 Å². The second kappa shape index (κ2) is 6.79. The highest BCUT2D eigenvalue weighted by Gasteiger charge is 2.10. The Bertz CT molecular complexity index is 825. The largest absolute Gasteiger partial charge is 0.484 e. The Morgan fingerprint density at radius 2 is 2.00 bits per heavy atom. The number of nitrogens with one attached hydrogen (secondary N) is 1. The zero-order chi connectivity index (χ0) is 16.2. The number of nitrogens with zero attached hydrogens (tertiary/aromatic N) is 1. The molecular formula is C18H18N2O2S. The highest BCUT2D eigenvalue weighted by molar-refractivity contribution is 7.22. The maximum atomic E-state index is 12.0. The molecule has 3 rings (SSSR count). The van der Waals surface area contributed by atoms with Crippen molar-refractivity contribution < 1.29 is 9.53 Å². The van der Waals surface area contributed by atoms with E-state index in [0.29, 0.717) is 10.9 Å². The van der Waals surface area contributed by atoms with Crippen LogP contribution in [0.25, 0.3) is 10.2 Å². The average Bonchev–Trinajstić information content (AvgIpc) is 2.96. The fourth-order valence-corrected chi connectivity index (χ4v) is 3.21. The van der Waals surface area contributed by atoms with Gasteiger partial charge < -0.3 is 4.74 Å². The minimum atomic E-state index is -0.206. The van der Waals surface area contributed by atoms with Crippen LogP contribution >= 0.6 is 11.3 Å². The molecule has 3 aromatic rings. The van der Waals surface area contributed by atoms with E-state index >= 15 is 0 Å². The molecule has 1 aromatic heterocycles. The molecule has 0 atom stereocenters. The molecule has 0 fully saturated rings. The normalized spacial score (nSPS) is 10.7. The Morgan fingerprint density at radius 1 is 1.22 bits per heavy atom.